The lowest BCUT2D eigenvalue weighted by Crippen LogP contribution is -2.45. The number of pyridine rings is 1. The first-order valence-corrected chi connectivity index (χ1v) is 11.1. The van der Waals surface area contributed by atoms with Gasteiger partial charge in [-0.15, -0.1) is 0 Å². The average Bonchev–Trinajstić information content (AvgIpc) is 2.59. The van der Waals surface area contributed by atoms with Crippen molar-refractivity contribution >= 4 is 39.3 Å². The number of anilines is 1. The Bertz CT molecular complexity index is 590. The number of carboxylic acids is 1. The Morgan fingerprint density at radius 1 is 1.27 bits per heavy atom. The molecule has 1 aromatic rings. The van der Waals surface area contributed by atoms with E-state index in [1.807, 2.05) is 19.9 Å². The standard InChI is InChI=1S/C17H25N3O4S2/c1-12-10-20(11-13(2)24-12)15-4-3-14(9-19-15)17(23)18-6-8-26-25-7-5-16(21)22/h3-4,9,12-13H,5-8,10-11H2,1-2H3,(H,18,23)(H,21,22). The third kappa shape index (κ3) is 7.05. The summed E-state index contributed by atoms with van der Waals surface area (Å²) in [6, 6.07) is 3.66. The number of hydrogen-bond donors (Lipinski definition) is 2. The number of nitrogens with one attached hydrogen (secondary N) is 1. The molecule has 1 aromatic heterocycles. The molecule has 2 N–H and O–H groups in total. The highest BCUT2D eigenvalue weighted by atomic mass is 33.1. The van der Waals surface area contributed by atoms with Crippen LogP contribution in [0.1, 0.15) is 30.6 Å². The van der Waals surface area contributed by atoms with E-state index in [0.29, 0.717) is 17.9 Å². The fraction of sp³-hybridized carbons (Fsp3) is 0.588. The summed E-state index contributed by atoms with van der Waals surface area (Å²) in [6.45, 7) is 6.20. The van der Waals surface area contributed by atoms with E-state index >= 15 is 0 Å². The number of ether oxygens (including phenoxy) is 1. The molecule has 0 aliphatic carbocycles. The highest BCUT2D eigenvalue weighted by Gasteiger charge is 2.23. The molecule has 26 heavy (non-hydrogen) atoms. The van der Waals surface area contributed by atoms with Crippen LogP contribution in [-0.2, 0) is 9.53 Å². The summed E-state index contributed by atoms with van der Waals surface area (Å²) < 4.78 is 5.72. The van der Waals surface area contributed by atoms with Crippen molar-refractivity contribution in [3.63, 3.8) is 0 Å². The van der Waals surface area contributed by atoms with Crippen molar-refractivity contribution < 1.29 is 19.4 Å². The van der Waals surface area contributed by atoms with Gasteiger partial charge in [0.25, 0.3) is 5.91 Å². The Morgan fingerprint density at radius 2 is 1.96 bits per heavy atom. The van der Waals surface area contributed by atoms with Crippen molar-refractivity contribution in [2.75, 3.05) is 36.0 Å². The zero-order valence-corrected chi connectivity index (χ0v) is 16.6. The summed E-state index contributed by atoms with van der Waals surface area (Å²) >= 11 is 0. The van der Waals surface area contributed by atoms with E-state index < -0.39 is 5.97 Å². The number of carbonyl (C=O) groups excluding carboxylic acids is 1. The normalized spacial score (nSPS) is 20.0. The second-order valence-electron chi connectivity index (χ2n) is 6.11. The lowest BCUT2D eigenvalue weighted by atomic mass is 10.2. The van der Waals surface area contributed by atoms with Gasteiger partial charge in [0.15, 0.2) is 0 Å². The molecule has 1 aliphatic heterocycles. The van der Waals surface area contributed by atoms with Crippen LogP contribution in [0.4, 0.5) is 5.82 Å². The summed E-state index contributed by atoms with van der Waals surface area (Å²) in [5, 5.41) is 11.4. The minimum Gasteiger partial charge on any atom is -0.481 e. The molecule has 2 atom stereocenters. The van der Waals surface area contributed by atoms with Crippen LogP contribution in [0.2, 0.25) is 0 Å². The van der Waals surface area contributed by atoms with Crippen LogP contribution in [0.5, 0.6) is 0 Å². The van der Waals surface area contributed by atoms with E-state index in [4.69, 9.17) is 9.84 Å². The molecule has 144 valence electrons. The molecular formula is C17H25N3O4S2. The predicted molar refractivity (Wildman–Crippen MR) is 106 cm³/mol. The van der Waals surface area contributed by atoms with E-state index in [9.17, 15) is 9.59 Å². The molecule has 0 spiro atoms. The monoisotopic (exact) mass is 399 g/mol. The Morgan fingerprint density at radius 3 is 2.58 bits per heavy atom. The topological polar surface area (TPSA) is 91.8 Å². The van der Waals surface area contributed by atoms with Gasteiger partial charge in [-0.25, -0.2) is 4.98 Å². The Balaban J connectivity index is 1.72. The predicted octanol–water partition coefficient (Wildman–Crippen LogP) is 2.28. The molecule has 0 aromatic carbocycles. The number of morpholine rings is 1. The minimum absolute atomic E-state index is 0.149. The number of carbonyl (C=O) groups is 2. The third-order valence-corrected chi connectivity index (χ3v) is 6.12. The molecule has 1 saturated heterocycles. The van der Waals surface area contributed by atoms with Gasteiger partial charge in [-0.3, -0.25) is 9.59 Å². The molecule has 2 unspecified atom stereocenters. The van der Waals surface area contributed by atoms with Crippen LogP contribution in [0.15, 0.2) is 18.3 Å². The molecule has 2 rings (SSSR count). The van der Waals surface area contributed by atoms with Crippen LogP contribution in [-0.4, -0.2) is 65.3 Å². The maximum Gasteiger partial charge on any atom is 0.304 e. The first-order chi connectivity index (χ1) is 12.5. The van der Waals surface area contributed by atoms with E-state index in [0.717, 1.165) is 24.7 Å². The van der Waals surface area contributed by atoms with Crippen molar-refractivity contribution in [2.45, 2.75) is 32.5 Å². The second kappa shape index (κ2) is 10.6. The molecule has 9 heteroatoms. The summed E-state index contributed by atoms with van der Waals surface area (Å²) in [5.41, 5.74) is 0.534. The van der Waals surface area contributed by atoms with Crippen molar-refractivity contribution in [1.29, 1.82) is 0 Å². The SMILES string of the molecule is CC1CN(c2ccc(C(=O)NCCSSCCC(=O)O)cn2)CC(C)O1. The van der Waals surface area contributed by atoms with Gasteiger partial charge in [0.05, 0.1) is 24.2 Å². The van der Waals surface area contributed by atoms with E-state index in [1.165, 1.54) is 10.8 Å². The van der Waals surface area contributed by atoms with Crippen molar-refractivity contribution in [2.24, 2.45) is 0 Å². The van der Waals surface area contributed by atoms with Crippen LogP contribution < -0.4 is 10.2 Å². The maximum atomic E-state index is 12.1. The number of amides is 1. The summed E-state index contributed by atoms with van der Waals surface area (Å²) in [7, 11) is 3.06. The maximum absolute atomic E-state index is 12.1. The van der Waals surface area contributed by atoms with Crippen LogP contribution >= 0.6 is 21.6 Å². The van der Waals surface area contributed by atoms with Crippen molar-refractivity contribution in [3.8, 4) is 0 Å². The molecule has 7 nitrogen and oxygen atoms in total. The van der Waals surface area contributed by atoms with Gasteiger partial charge in [-0.2, -0.15) is 0 Å². The molecule has 1 amide bonds. The Hall–Kier alpha value is -1.45. The number of aliphatic carboxylic acids is 1. The number of rotatable bonds is 9. The van der Waals surface area contributed by atoms with Gasteiger partial charge in [-0.05, 0) is 26.0 Å². The summed E-state index contributed by atoms with van der Waals surface area (Å²) in [6.07, 6.45) is 2.08. The first-order valence-electron chi connectivity index (χ1n) is 8.56. The van der Waals surface area contributed by atoms with Gasteiger partial charge in [0.2, 0.25) is 0 Å². The lowest BCUT2D eigenvalue weighted by molar-refractivity contribution is -0.136. The molecule has 1 fully saturated rings. The fourth-order valence-electron chi connectivity index (χ4n) is 2.63. The van der Waals surface area contributed by atoms with E-state index in [-0.39, 0.29) is 24.5 Å². The minimum atomic E-state index is -0.789. The average molecular weight is 400 g/mol. The number of carboxylic acid groups (broad SMARTS) is 1. The molecule has 2 heterocycles. The van der Waals surface area contributed by atoms with Crippen LogP contribution in [0, 0.1) is 0 Å². The third-order valence-electron chi connectivity index (χ3n) is 3.71. The zero-order valence-electron chi connectivity index (χ0n) is 15.0. The summed E-state index contributed by atoms with van der Waals surface area (Å²) in [4.78, 5) is 29.1. The second-order valence-corrected chi connectivity index (χ2v) is 8.81. The number of aromatic nitrogens is 1. The molecule has 0 radical (unpaired) electrons. The smallest absolute Gasteiger partial charge is 0.304 e. The van der Waals surface area contributed by atoms with Crippen LogP contribution in [0.3, 0.4) is 0 Å². The van der Waals surface area contributed by atoms with Gasteiger partial charge < -0.3 is 20.1 Å². The van der Waals surface area contributed by atoms with Crippen molar-refractivity contribution in [1.82, 2.24) is 10.3 Å². The highest BCUT2D eigenvalue weighted by Crippen LogP contribution is 2.21. The van der Waals surface area contributed by atoms with E-state index in [1.54, 1.807) is 23.1 Å². The van der Waals surface area contributed by atoms with E-state index in [2.05, 4.69) is 15.2 Å². The van der Waals surface area contributed by atoms with Gasteiger partial charge in [0, 0.05) is 37.3 Å². The quantitative estimate of drug-likeness (QED) is 0.483. The van der Waals surface area contributed by atoms with Gasteiger partial charge in [0.1, 0.15) is 5.82 Å². The zero-order chi connectivity index (χ0) is 18.9. The number of nitrogens with zero attached hydrogens (tertiary/aromatic N) is 2. The first kappa shape index (κ1) is 20.9. The molecule has 0 saturated carbocycles. The fourth-order valence-corrected chi connectivity index (χ4v) is 4.51. The van der Waals surface area contributed by atoms with Crippen LogP contribution in [0.25, 0.3) is 0 Å². The number of hydrogen-bond acceptors (Lipinski definition) is 7. The van der Waals surface area contributed by atoms with Gasteiger partial charge >= 0.3 is 5.97 Å². The Kier molecular flexibility index (Phi) is 8.53. The molecular weight excluding hydrogens is 374 g/mol. The summed E-state index contributed by atoms with van der Waals surface area (Å²) in [5.74, 6) is 1.21. The lowest BCUT2D eigenvalue weighted by Gasteiger charge is -2.36. The molecule has 0 bridgehead atoms. The Labute approximate surface area is 161 Å². The molecule has 1 aliphatic rings. The highest BCUT2D eigenvalue weighted by molar-refractivity contribution is 8.76. The van der Waals surface area contributed by atoms with Crippen molar-refractivity contribution in [3.05, 3.63) is 23.9 Å². The largest absolute Gasteiger partial charge is 0.481 e. The van der Waals surface area contributed by atoms with Gasteiger partial charge in [-0.1, -0.05) is 21.6 Å².